The van der Waals surface area contributed by atoms with Gasteiger partial charge in [0.05, 0.1) is 0 Å². The predicted octanol–water partition coefficient (Wildman–Crippen LogP) is 2.46. The molecule has 0 amide bonds. The quantitative estimate of drug-likeness (QED) is 0.667. The minimum atomic E-state index is -0.895. The van der Waals surface area contributed by atoms with Crippen LogP contribution in [0, 0.1) is 0 Å². The van der Waals surface area contributed by atoms with E-state index in [4.69, 9.17) is 14.3 Å². The van der Waals surface area contributed by atoms with Gasteiger partial charge in [0.2, 0.25) is 0 Å². The molecular formula is C14H16O4. The summed E-state index contributed by atoms with van der Waals surface area (Å²) in [6.45, 7) is 3.58. The van der Waals surface area contributed by atoms with Crippen molar-refractivity contribution in [1.82, 2.24) is 0 Å². The van der Waals surface area contributed by atoms with E-state index in [9.17, 15) is 4.79 Å². The molecule has 2 rings (SSSR count). The lowest BCUT2D eigenvalue weighted by Crippen LogP contribution is -2.09. The second kappa shape index (κ2) is 5.23. The van der Waals surface area contributed by atoms with E-state index in [0.29, 0.717) is 11.3 Å². The first-order valence-corrected chi connectivity index (χ1v) is 6.01. The molecule has 2 aromatic rings. The van der Waals surface area contributed by atoms with Gasteiger partial charge in [0.25, 0.3) is 0 Å². The molecule has 4 nitrogen and oxygen atoms in total. The Hall–Kier alpha value is -1.81. The third-order valence-electron chi connectivity index (χ3n) is 2.63. The summed E-state index contributed by atoms with van der Waals surface area (Å²) in [5.74, 6) is 0.481. The molecular weight excluding hydrogens is 232 g/mol. The van der Waals surface area contributed by atoms with E-state index < -0.39 is 6.29 Å². The smallest absolute Gasteiger partial charge is 0.336 e. The molecule has 1 N–H and O–H groups in total. The monoisotopic (exact) mass is 248 g/mol. The summed E-state index contributed by atoms with van der Waals surface area (Å²) in [4.78, 5) is 11.5. The summed E-state index contributed by atoms with van der Waals surface area (Å²) in [5.41, 5.74) is 1.11. The maximum Gasteiger partial charge on any atom is 0.336 e. The summed E-state index contributed by atoms with van der Waals surface area (Å²) in [7, 11) is 0. The highest BCUT2D eigenvalue weighted by atomic mass is 16.6. The Morgan fingerprint density at radius 2 is 2.17 bits per heavy atom. The zero-order valence-electron chi connectivity index (χ0n) is 10.5. The molecule has 1 aromatic heterocycles. The first kappa shape index (κ1) is 12.6. The Kier molecular flexibility index (Phi) is 3.67. The lowest BCUT2D eigenvalue weighted by Gasteiger charge is -2.10. The zero-order chi connectivity index (χ0) is 13.1. The molecule has 0 saturated carbocycles. The number of ether oxygens (including phenoxy) is 1. The van der Waals surface area contributed by atoms with Gasteiger partial charge in [-0.3, -0.25) is 0 Å². The van der Waals surface area contributed by atoms with Gasteiger partial charge in [-0.1, -0.05) is 13.3 Å². The maximum atomic E-state index is 11.5. The van der Waals surface area contributed by atoms with Crippen molar-refractivity contribution in [3.8, 4) is 5.75 Å². The Labute approximate surface area is 105 Å². The molecule has 0 aliphatic rings. The Balaban J connectivity index is 2.53. The molecule has 1 atom stereocenters. The van der Waals surface area contributed by atoms with Crippen molar-refractivity contribution in [2.45, 2.75) is 33.0 Å². The molecule has 4 heteroatoms. The fraction of sp³-hybridized carbons (Fsp3) is 0.357. The highest BCUT2D eigenvalue weighted by molar-refractivity contribution is 5.81. The minimum absolute atomic E-state index is 0.361. The van der Waals surface area contributed by atoms with Crippen LogP contribution in [0.25, 0.3) is 11.0 Å². The standard InChI is InChI=1S/C14H16O4/c1-3-4-10-7-14(16)18-13-8-11(17-9(2)15)5-6-12(10)13/h5-9,15H,3-4H2,1-2H3. The van der Waals surface area contributed by atoms with Crippen molar-refractivity contribution in [2.75, 3.05) is 0 Å². The van der Waals surface area contributed by atoms with Crippen molar-refractivity contribution in [3.63, 3.8) is 0 Å². The van der Waals surface area contributed by atoms with Crippen LogP contribution in [0.5, 0.6) is 5.75 Å². The van der Waals surface area contributed by atoms with Crippen LogP contribution in [0.1, 0.15) is 25.8 Å². The van der Waals surface area contributed by atoms with E-state index in [0.717, 1.165) is 23.8 Å². The Morgan fingerprint density at radius 3 is 2.83 bits per heavy atom. The Bertz CT molecular complexity index is 598. The number of rotatable bonds is 4. The average Bonchev–Trinajstić information content (AvgIpc) is 2.27. The van der Waals surface area contributed by atoms with Crippen LogP contribution in [0.15, 0.2) is 33.5 Å². The zero-order valence-corrected chi connectivity index (χ0v) is 10.5. The maximum absolute atomic E-state index is 11.5. The average molecular weight is 248 g/mol. The number of aryl methyl sites for hydroxylation is 1. The molecule has 1 unspecified atom stereocenters. The molecule has 0 aliphatic carbocycles. The number of hydrogen-bond acceptors (Lipinski definition) is 4. The van der Waals surface area contributed by atoms with E-state index in [2.05, 4.69) is 6.92 Å². The van der Waals surface area contributed by atoms with E-state index in [1.165, 1.54) is 13.0 Å². The van der Waals surface area contributed by atoms with Crippen molar-refractivity contribution in [3.05, 3.63) is 40.2 Å². The lowest BCUT2D eigenvalue weighted by molar-refractivity contribution is -0.000232. The van der Waals surface area contributed by atoms with Gasteiger partial charge >= 0.3 is 5.63 Å². The normalized spacial score (nSPS) is 12.6. The summed E-state index contributed by atoms with van der Waals surface area (Å²) < 4.78 is 10.3. The minimum Gasteiger partial charge on any atom is -0.465 e. The van der Waals surface area contributed by atoms with Crippen molar-refractivity contribution < 1.29 is 14.3 Å². The molecule has 0 fully saturated rings. The van der Waals surface area contributed by atoms with E-state index in [-0.39, 0.29) is 5.63 Å². The second-order valence-electron chi connectivity index (χ2n) is 4.22. The van der Waals surface area contributed by atoms with Crippen LogP contribution in [-0.4, -0.2) is 11.4 Å². The highest BCUT2D eigenvalue weighted by Crippen LogP contribution is 2.23. The molecule has 0 spiro atoms. The van der Waals surface area contributed by atoms with Crippen LogP contribution in [0.4, 0.5) is 0 Å². The van der Waals surface area contributed by atoms with Crippen LogP contribution in [-0.2, 0) is 6.42 Å². The third-order valence-corrected chi connectivity index (χ3v) is 2.63. The van der Waals surface area contributed by atoms with E-state index >= 15 is 0 Å². The third kappa shape index (κ3) is 2.71. The van der Waals surface area contributed by atoms with Gasteiger partial charge in [0, 0.05) is 17.5 Å². The van der Waals surface area contributed by atoms with Gasteiger partial charge < -0.3 is 14.3 Å². The van der Waals surface area contributed by atoms with Crippen LogP contribution in [0.2, 0.25) is 0 Å². The molecule has 18 heavy (non-hydrogen) atoms. The second-order valence-corrected chi connectivity index (χ2v) is 4.22. The lowest BCUT2D eigenvalue weighted by atomic mass is 10.1. The van der Waals surface area contributed by atoms with Crippen molar-refractivity contribution in [2.24, 2.45) is 0 Å². The van der Waals surface area contributed by atoms with E-state index in [1.54, 1.807) is 12.1 Å². The number of benzene rings is 1. The number of hydrogen-bond donors (Lipinski definition) is 1. The SMILES string of the molecule is CCCc1cc(=O)oc2cc(OC(C)O)ccc12. The first-order valence-electron chi connectivity index (χ1n) is 6.01. The summed E-state index contributed by atoms with van der Waals surface area (Å²) >= 11 is 0. The largest absolute Gasteiger partial charge is 0.465 e. The molecule has 96 valence electrons. The van der Waals surface area contributed by atoms with Gasteiger partial charge in [-0.05, 0) is 31.0 Å². The highest BCUT2D eigenvalue weighted by Gasteiger charge is 2.07. The Morgan fingerprint density at radius 1 is 1.39 bits per heavy atom. The number of aliphatic hydroxyl groups is 1. The fourth-order valence-electron chi connectivity index (χ4n) is 1.96. The van der Waals surface area contributed by atoms with Crippen molar-refractivity contribution >= 4 is 11.0 Å². The number of aliphatic hydroxyl groups excluding tert-OH is 1. The summed E-state index contributed by atoms with van der Waals surface area (Å²) in [5, 5.41) is 10.1. The van der Waals surface area contributed by atoms with Gasteiger partial charge in [-0.15, -0.1) is 0 Å². The summed E-state index contributed by atoms with van der Waals surface area (Å²) in [6.07, 6.45) is 0.899. The summed E-state index contributed by atoms with van der Waals surface area (Å²) in [6, 6.07) is 6.76. The van der Waals surface area contributed by atoms with Gasteiger partial charge in [-0.25, -0.2) is 4.79 Å². The molecule has 0 saturated heterocycles. The fourth-order valence-corrected chi connectivity index (χ4v) is 1.96. The van der Waals surface area contributed by atoms with Crippen molar-refractivity contribution in [1.29, 1.82) is 0 Å². The van der Waals surface area contributed by atoms with E-state index in [1.807, 2.05) is 6.07 Å². The molecule has 0 aliphatic heterocycles. The number of fused-ring (bicyclic) bond motifs is 1. The van der Waals surface area contributed by atoms with Gasteiger partial charge in [0.1, 0.15) is 11.3 Å². The van der Waals surface area contributed by atoms with Crippen LogP contribution >= 0.6 is 0 Å². The van der Waals surface area contributed by atoms with Gasteiger partial charge in [-0.2, -0.15) is 0 Å². The molecule has 0 bridgehead atoms. The van der Waals surface area contributed by atoms with Crippen LogP contribution in [0.3, 0.4) is 0 Å². The van der Waals surface area contributed by atoms with Gasteiger partial charge in [0.15, 0.2) is 6.29 Å². The molecule has 1 heterocycles. The van der Waals surface area contributed by atoms with Crippen LogP contribution < -0.4 is 10.4 Å². The molecule has 1 aromatic carbocycles. The molecule has 0 radical (unpaired) electrons. The first-order chi connectivity index (χ1) is 8.60. The predicted molar refractivity (Wildman–Crippen MR) is 68.8 cm³/mol. The topological polar surface area (TPSA) is 59.7 Å².